The molecule has 0 saturated carbocycles. The van der Waals surface area contributed by atoms with Gasteiger partial charge < -0.3 is 9.47 Å². The third kappa shape index (κ3) is 1.67. The lowest BCUT2D eigenvalue weighted by Crippen LogP contribution is -1.90. The van der Waals surface area contributed by atoms with Gasteiger partial charge in [0, 0.05) is 6.07 Å². The number of benzene rings is 1. The topological polar surface area (TPSA) is 18.5 Å². The second-order valence-corrected chi connectivity index (χ2v) is 2.02. The Labute approximate surface area is 69.9 Å². The zero-order chi connectivity index (χ0) is 8.97. The molecule has 3 heteroatoms. The number of terminal acetylenes is 1. The number of ether oxygens (including phenoxy) is 2. The molecule has 0 N–H and O–H groups in total. The molecule has 62 valence electrons. The molecule has 2 nitrogen and oxygen atoms in total. The van der Waals surface area contributed by atoms with Gasteiger partial charge in [-0.3, -0.25) is 0 Å². The van der Waals surface area contributed by atoms with Gasteiger partial charge in [0.05, 0.1) is 7.11 Å². The quantitative estimate of drug-likeness (QED) is 0.624. The van der Waals surface area contributed by atoms with Gasteiger partial charge in [0.15, 0.2) is 11.5 Å². The predicted molar refractivity (Wildman–Crippen MR) is 42.4 cm³/mol. The molecule has 0 amide bonds. The van der Waals surface area contributed by atoms with Crippen LogP contribution in [-0.4, -0.2) is 7.11 Å². The Balaban J connectivity index is 3.05. The van der Waals surface area contributed by atoms with Gasteiger partial charge in [-0.2, -0.15) is 0 Å². The van der Waals surface area contributed by atoms with E-state index in [1.54, 1.807) is 0 Å². The van der Waals surface area contributed by atoms with E-state index in [0.29, 0.717) is 5.75 Å². The van der Waals surface area contributed by atoms with Crippen LogP contribution in [0.1, 0.15) is 0 Å². The first kappa shape index (κ1) is 8.41. The highest BCUT2D eigenvalue weighted by molar-refractivity contribution is 5.40. The maximum absolute atomic E-state index is 12.6. The average molecular weight is 166 g/mol. The lowest BCUT2D eigenvalue weighted by Gasteiger charge is -2.04. The molecule has 0 aliphatic rings. The molecule has 0 aromatic heterocycles. The summed E-state index contributed by atoms with van der Waals surface area (Å²) in [6, 6.07) is 3.88. The fourth-order valence-corrected chi connectivity index (χ4v) is 0.794. The van der Waals surface area contributed by atoms with Gasteiger partial charge in [-0.25, -0.2) is 4.39 Å². The fourth-order valence-electron chi connectivity index (χ4n) is 0.794. The minimum atomic E-state index is -0.416. The number of methoxy groups -OCH3 is 1. The first-order chi connectivity index (χ1) is 5.77. The van der Waals surface area contributed by atoms with E-state index in [1.165, 1.54) is 25.3 Å². The Morgan fingerprint density at radius 1 is 1.42 bits per heavy atom. The maximum Gasteiger partial charge on any atom is 0.184 e. The lowest BCUT2D eigenvalue weighted by atomic mass is 10.3. The van der Waals surface area contributed by atoms with Crippen LogP contribution in [0.25, 0.3) is 0 Å². The van der Waals surface area contributed by atoms with Crippen molar-refractivity contribution in [1.29, 1.82) is 0 Å². The summed E-state index contributed by atoms with van der Waals surface area (Å²) in [5.74, 6) is 0.204. The van der Waals surface area contributed by atoms with Crippen LogP contribution >= 0.6 is 0 Å². The molecular weight excluding hydrogens is 159 g/mol. The molecule has 0 saturated heterocycles. The van der Waals surface area contributed by atoms with E-state index in [1.807, 2.05) is 6.11 Å². The first-order valence-corrected chi connectivity index (χ1v) is 3.24. The molecule has 0 radical (unpaired) electrons. The molecule has 0 bridgehead atoms. The molecule has 0 aliphatic heterocycles. The lowest BCUT2D eigenvalue weighted by molar-refractivity contribution is 0.384. The van der Waals surface area contributed by atoms with Gasteiger partial charge in [-0.05, 0) is 12.1 Å². The molecule has 0 aliphatic carbocycles. The average Bonchev–Trinajstić information content (AvgIpc) is 2.05. The second-order valence-electron chi connectivity index (χ2n) is 2.02. The molecule has 0 spiro atoms. The summed E-state index contributed by atoms with van der Waals surface area (Å²) in [6.07, 6.45) is 6.82. The highest BCUT2D eigenvalue weighted by Gasteiger charge is 2.04. The molecular formula is C9H7FO2. The SMILES string of the molecule is C#COc1cc(F)ccc1OC. The van der Waals surface area contributed by atoms with Crippen LogP contribution in [0.4, 0.5) is 4.39 Å². The van der Waals surface area contributed by atoms with E-state index >= 15 is 0 Å². The van der Waals surface area contributed by atoms with Crippen LogP contribution in [0.3, 0.4) is 0 Å². The van der Waals surface area contributed by atoms with Gasteiger partial charge in [-0.1, -0.05) is 6.42 Å². The molecule has 1 aromatic rings. The summed E-state index contributed by atoms with van der Waals surface area (Å²) in [6.45, 7) is 0. The van der Waals surface area contributed by atoms with Crippen molar-refractivity contribution in [3.63, 3.8) is 0 Å². The summed E-state index contributed by atoms with van der Waals surface area (Å²) >= 11 is 0. The number of hydrogen-bond acceptors (Lipinski definition) is 2. The van der Waals surface area contributed by atoms with Crippen molar-refractivity contribution in [2.24, 2.45) is 0 Å². The van der Waals surface area contributed by atoms with Crippen LogP contribution in [0.15, 0.2) is 18.2 Å². The summed E-state index contributed by atoms with van der Waals surface area (Å²) < 4.78 is 22.1. The Morgan fingerprint density at radius 2 is 2.17 bits per heavy atom. The third-order valence-corrected chi connectivity index (χ3v) is 1.29. The van der Waals surface area contributed by atoms with Crippen LogP contribution in [0.2, 0.25) is 0 Å². The van der Waals surface area contributed by atoms with Crippen LogP contribution in [-0.2, 0) is 0 Å². The first-order valence-electron chi connectivity index (χ1n) is 3.24. The van der Waals surface area contributed by atoms with E-state index in [4.69, 9.17) is 11.2 Å². The van der Waals surface area contributed by atoms with Crippen molar-refractivity contribution >= 4 is 0 Å². The standard InChI is InChI=1S/C9H7FO2/c1-3-12-9-6-7(10)4-5-8(9)11-2/h1,4-6H,2H3. The Bertz CT molecular complexity index is 315. The summed E-state index contributed by atoms with van der Waals surface area (Å²) in [5.41, 5.74) is 0. The minimum Gasteiger partial charge on any atom is -0.493 e. The Morgan fingerprint density at radius 3 is 2.75 bits per heavy atom. The van der Waals surface area contributed by atoms with E-state index < -0.39 is 5.82 Å². The zero-order valence-corrected chi connectivity index (χ0v) is 6.50. The van der Waals surface area contributed by atoms with Crippen molar-refractivity contribution in [2.75, 3.05) is 7.11 Å². The van der Waals surface area contributed by atoms with Gasteiger partial charge in [0.1, 0.15) is 11.9 Å². The molecule has 1 aromatic carbocycles. The van der Waals surface area contributed by atoms with Crippen molar-refractivity contribution in [2.45, 2.75) is 0 Å². The van der Waals surface area contributed by atoms with Gasteiger partial charge in [0.25, 0.3) is 0 Å². The maximum atomic E-state index is 12.6. The Kier molecular flexibility index (Phi) is 2.54. The summed E-state index contributed by atoms with van der Waals surface area (Å²) in [5, 5.41) is 0. The van der Waals surface area contributed by atoms with Crippen LogP contribution in [0.5, 0.6) is 11.5 Å². The zero-order valence-electron chi connectivity index (χ0n) is 6.50. The predicted octanol–water partition coefficient (Wildman–Crippen LogP) is 1.80. The molecule has 0 fully saturated rings. The largest absolute Gasteiger partial charge is 0.493 e. The molecule has 0 atom stereocenters. The normalized spacial score (nSPS) is 8.75. The highest BCUT2D eigenvalue weighted by atomic mass is 19.1. The number of rotatable bonds is 2. The summed E-state index contributed by atoms with van der Waals surface area (Å²) in [7, 11) is 1.45. The number of hydrogen-bond donors (Lipinski definition) is 0. The van der Waals surface area contributed by atoms with Crippen molar-refractivity contribution in [1.82, 2.24) is 0 Å². The fraction of sp³-hybridized carbons (Fsp3) is 0.111. The molecule has 0 heterocycles. The second kappa shape index (κ2) is 3.63. The smallest absolute Gasteiger partial charge is 0.184 e. The van der Waals surface area contributed by atoms with Crippen molar-refractivity contribution in [3.05, 3.63) is 24.0 Å². The molecule has 1 rings (SSSR count). The van der Waals surface area contributed by atoms with E-state index in [9.17, 15) is 4.39 Å². The van der Waals surface area contributed by atoms with Crippen molar-refractivity contribution < 1.29 is 13.9 Å². The summed E-state index contributed by atoms with van der Waals surface area (Å²) in [4.78, 5) is 0. The molecule has 0 unspecified atom stereocenters. The monoisotopic (exact) mass is 166 g/mol. The van der Waals surface area contributed by atoms with Gasteiger partial charge >= 0.3 is 0 Å². The minimum absolute atomic E-state index is 0.208. The van der Waals surface area contributed by atoms with Crippen LogP contribution < -0.4 is 9.47 Å². The number of halogens is 1. The van der Waals surface area contributed by atoms with Gasteiger partial charge in [0.2, 0.25) is 0 Å². The van der Waals surface area contributed by atoms with Crippen molar-refractivity contribution in [3.8, 4) is 24.0 Å². The van der Waals surface area contributed by atoms with E-state index in [-0.39, 0.29) is 5.75 Å². The highest BCUT2D eigenvalue weighted by Crippen LogP contribution is 2.26. The van der Waals surface area contributed by atoms with E-state index in [0.717, 1.165) is 0 Å². The van der Waals surface area contributed by atoms with Gasteiger partial charge in [-0.15, -0.1) is 0 Å². The molecule has 12 heavy (non-hydrogen) atoms. The van der Waals surface area contributed by atoms with Crippen LogP contribution in [0, 0.1) is 18.3 Å². The third-order valence-electron chi connectivity index (χ3n) is 1.29. The van der Waals surface area contributed by atoms with E-state index in [2.05, 4.69) is 4.74 Å². The Hall–Kier alpha value is -1.69.